The van der Waals surface area contributed by atoms with Gasteiger partial charge in [0, 0.05) is 12.0 Å². The Morgan fingerprint density at radius 1 is 1.64 bits per heavy atom. The SMILES string of the molecule is CC1(NCCCC(=O)O)CC1. The standard InChI is InChI=1S/C8H15NO2/c1-8(4-5-8)9-6-2-3-7(10)11/h9H,2-6H2,1H3,(H,10,11). The van der Waals surface area contributed by atoms with Gasteiger partial charge in [-0.05, 0) is 32.7 Å². The molecule has 11 heavy (non-hydrogen) atoms. The summed E-state index contributed by atoms with van der Waals surface area (Å²) >= 11 is 0. The van der Waals surface area contributed by atoms with Crippen LogP contribution in [0.4, 0.5) is 0 Å². The average Bonchev–Trinajstić information content (AvgIpc) is 2.62. The summed E-state index contributed by atoms with van der Waals surface area (Å²) in [4.78, 5) is 10.1. The molecular formula is C8H15NO2. The van der Waals surface area contributed by atoms with Gasteiger partial charge >= 0.3 is 5.97 Å². The van der Waals surface area contributed by atoms with Gasteiger partial charge < -0.3 is 10.4 Å². The first-order valence-corrected chi connectivity index (χ1v) is 4.09. The highest BCUT2D eigenvalue weighted by Crippen LogP contribution is 2.33. The number of carboxylic acids is 1. The maximum Gasteiger partial charge on any atom is 0.303 e. The molecule has 64 valence electrons. The van der Waals surface area contributed by atoms with E-state index in [2.05, 4.69) is 12.2 Å². The largest absolute Gasteiger partial charge is 0.481 e. The average molecular weight is 157 g/mol. The molecule has 3 heteroatoms. The first-order valence-electron chi connectivity index (χ1n) is 4.09. The molecule has 0 spiro atoms. The molecule has 0 aromatic carbocycles. The quantitative estimate of drug-likeness (QED) is 0.585. The van der Waals surface area contributed by atoms with Crippen LogP contribution in [0.5, 0.6) is 0 Å². The molecule has 1 rings (SSSR count). The van der Waals surface area contributed by atoms with Gasteiger partial charge in [-0.25, -0.2) is 0 Å². The molecule has 0 aliphatic heterocycles. The summed E-state index contributed by atoms with van der Waals surface area (Å²) in [5.41, 5.74) is 0.346. The Kier molecular flexibility index (Phi) is 2.49. The highest BCUT2D eigenvalue weighted by Gasteiger charge is 2.35. The normalized spacial score (nSPS) is 19.7. The highest BCUT2D eigenvalue weighted by atomic mass is 16.4. The summed E-state index contributed by atoms with van der Waals surface area (Å²) in [7, 11) is 0. The van der Waals surface area contributed by atoms with E-state index >= 15 is 0 Å². The lowest BCUT2D eigenvalue weighted by Gasteiger charge is -2.09. The van der Waals surface area contributed by atoms with Crippen LogP contribution in [-0.4, -0.2) is 23.2 Å². The monoisotopic (exact) mass is 157 g/mol. The number of nitrogens with one attached hydrogen (secondary N) is 1. The van der Waals surface area contributed by atoms with E-state index < -0.39 is 5.97 Å². The number of carbonyl (C=O) groups is 1. The fourth-order valence-corrected chi connectivity index (χ4v) is 0.994. The van der Waals surface area contributed by atoms with E-state index in [0.717, 1.165) is 13.0 Å². The Labute approximate surface area is 66.8 Å². The molecule has 0 unspecified atom stereocenters. The molecule has 0 radical (unpaired) electrons. The van der Waals surface area contributed by atoms with Crippen molar-refractivity contribution >= 4 is 5.97 Å². The summed E-state index contributed by atoms with van der Waals surface area (Å²) in [6, 6.07) is 0. The Hall–Kier alpha value is -0.570. The van der Waals surface area contributed by atoms with Crippen LogP contribution in [0.15, 0.2) is 0 Å². The van der Waals surface area contributed by atoms with Gasteiger partial charge in [-0.3, -0.25) is 4.79 Å². The van der Waals surface area contributed by atoms with Gasteiger partial charge in [0.05, 0.1) is 0 Å². The molecule has 0 saturated heterocycles. The molecular weight excluding hydrogens is 142 g/mol. The van der Waals surface area contributed by atoms with E-state index in [0.29, 0.717) is 5.54 Å². The smallest absolute Gasteiger partial charge is 0.303 e. The van der Waals surface area contributed by atoms with Crippen molar-refractivity contribution in [3.8, 4) is 0 Å². The Morgan fingerprint density at radius 2 is 2.27 bits per heavy atom. The third-order valence-electron chi connectivity index (χ3n) is 2.12. The number of carboxylic acid groups (broad SMARTS) is 1. The molecule has 2 N–H and O–H groups in total. The van der Waals surface area contributed by atoms with E-state index in [1.807, 2.05) is 0 Å². The molecule has 0 bridgehead atoms. The summed E-state index contributed by atoms with van der Waals surface area (Å²) in [6.45, 7) is 3.01. The summed E-state index contributed by atoms with van der Waals surface area (Å²) in [6.07, 6.45) is 3.49. The van der Waals surface area contributed by atoms with Crippen LogP contribution in [0.25, 0.3) is 0 Å². The molecule has 1 fully saturated rings. The van der Waals surface area contributed by atoms with E-state index in [4.69, 9.17) is 5.11 Å². The van der Waals surface area contributed by atoms with Crippen molar-refractivity contribution in [2.24, 2.45) is 0 Å². The first kappa shape index (κ1) is 8.53. The second-order valence-electron chi connectivity index (χ2n) is 3.48. The lowest BCUT2D eigenvalue weighted by molar-refractivity contribution is -0.137. The van der Waals surface area contributed by atoms with E-state index in [9.17, 15) is 4.79 Å². The molecule has 0 amide bonds. The van der Waals surface area contributed by atoms with Crippen LogP contribution in [0, 0.1) is 0 Å². The molecule has 0 aromatic rings. The molecule has 1 aliphatic carbocycles. The van der Waals surface area contributed by atoms with Crippen molar-refractivity contribution in [3.63, 3.8) is 0 Å². The van der Waals surface area contributed by atoms with Gasteiger partial charge in [-0.1, -0.05) is 0 Å². The summed E-state index contributed by atoms with van der Waals surface area (Å²) in [5, 5.41) is 11.7. The zero-order chi connectivity index (χ0) is 8.32. The molecule has 0 atom stereocenters. The van der Waals surface area contributed by atoms with Crippen LogP contribution in [0.2, 0.25) is 0 Å². The van der Waals surface area contributed by atoms with E-state index in [1.54, 1.807) is 0 Å². The maximum atomic E-state index is 10.1. The molecule has 1 saturated carbocycles. The van der Waals surface area contributed by atoms with Crippen LogP contribution in [0.1, 0.15) is 32.6 Å². The topological polar surface area (TPSA) is 49.3 Å². The predicted molar refractivity (Wildman–Crippen MR) is 42.5 cm³/mol. The van der Waals surface area contributed by atoms with Crippen molar-refractivity contribution < 1.29 is 9.90 Å². The Morgan fingerprint density at radius 3 is 2.73 bits per heavy atom. The highest BCUT2D eigenvalue weighted by molar-refractivity contribution is 5.66. The molecule has 1 aliphatic rings. The zero-order valence-corrected chi connectivity index (χ0v) is 6.89. The first-order chi connectivity index (χ1) is 5.12. The number of hydrogen-bond donors (Lipinski definition) is 2. The van der Waals surface area contributed by atoms with E-state index in [-0.39, 0.29) is 6.42 Å². The van der Waals surface area contributed by atoms with Crippen molar-refractivity contribution in [1.29, 1.82) is 0 Å². The predicted octanol–water partition coefficient (Wildman–Crippen LogP) is 0.993. The third-order valence-corrected chi connectivity index (χ3v) is 2.12. The third kappa shape index (κ3) is 3.37. The second kappa shape index (κ2) is 3.22. The van der Waals surface area contributed by atoms with Crippen LogP contribution in [0.3, 0.4) is 0 Å². The fourth-order valence-electron chi connectivity index (χ4n) is 0.994. The van der Waals surface area contributed by atoms with Gasteiger partial charge in [-0.15, -0.1) is 0 Å². The lowest BCUT2D eigenvalue weighted by atomic mass is 10.2. The van der Waals surface area contributed by atoms with Crippen molar-refractivity contribution in [3.05, 3.63) is 0 Å². The van der Waals surface area contributed by atoms with Crippen molar-refractivity contribution in [2.75, 3.05) is 6.54 Å². The lowest BCUT2D eigenvalue weighted by Crippen LogP contribution is -2.28. The summed E-state index contributed by atoms with van der Waals surface area (Å²) < 4.78 is 0. The van der Waals surface area contributed by atoms with Crippen molar-refractivity contribution in [1.82, 2.24) is 5.32 Å². The minimum atomic E-state index is -0.701. The van der Waals surface area contributed by atoms with Gasteiger partial charge in [0.25, 0.3) is 0 Å². The van der Waals surface area contributed by atoms with Gasteiger partial charge in [0.15, 0.2) is 0 Å². The fraction of sp³-hybridized carbons (Fsp3) is 0.875. The Bertz CT molecular complexity index is 152. The second-order valence-corrected chi connectivity index (χ2v) is 3.48. The number of hydrogen-bond acceptors (Lipinski definition) is 2. The minimum Gasteiger partial charge on any atom is -0.481 e. The minimum absolute atomic E-state index is 0.281. The number of rotatable bonds is 5. The molecule has 0 aromatic heterocycles. The molecule has 0 heterocycles. The van der Waals surface area contributed by atoms with Crippen LogP contribution >= 0.6 is 0 Å². The van der Waals surface area contributed by atoms with Gasteiger partial charge in [0.2, 0.25) is 0 Å². The van der Waals surface area contributed by atoms with E-state index in [1.165, 1.54) is 12.8 Å². The van der Waals surface area contributed by atoms with Crippen LogP contribution < -0.4 is 5.32 Å². The van der Waals surface area contributed by atoms with Gasteiger partial charge in [0.1, 0.15) is 0 Å². The van der Waals surface area contributed by atoms with Crippen LogP contribution in [-0.2, 0) is 4.79 Å². The Balaban J connectivity index is 1.92. The zero-order valence-electron chi connectivity index (χ0n) is 6.89. The molecule has 3 nitrogen and oxygen atoms in total. The number of aliphatic carboxylic acids is 1. The summed E-state index contributed by atoms with van der Waals surface area (Å²) in [5.74, 6) is -0.701. The van der Waals surface area contributed by atoms with Gasteiger partial charge in [-0.2, -0.15) is 0 Å². The van der Waals surface area contributed by atoms with Crippen molar-refractivity contribution in [2.45, 2.75) is 38.1 Å². The maximum absolute atomic E-state index is 10.1.